The molecule has 1 saturated heterocycles. The lowest BCUT2D eigenvalue weighted by atomic mass is 9.80. The highest BCUT2D eigenvalue weighted by atomic mass is 31.2. The van der Waals surface area contributed by atoms with E-state index in [1.807, 2.05) is 111 Å². The maximum Gasteiger partial charge on any atom is 0.485 e. The molecule has 1 aliphatic rings. The Hall–Kier alpha value is -5.28. The van der Waals surface area contributed by atoms with Crippen molar-refractivity contribution in [1.29, 1.82) is 5.26 Å². The average Bonchev–Trinajstić information content (AvgIpc) is 3.58. The number of hydrogen-bond donors (Lipinski definition) is 3. The first-order chi connectivity index (χ1) is 30.1. The van der Waals surface area contributed by atoms with Crippen molar-refractivity contribution in [2.24, 2.45) is 5.92 Å². The van der Waals surface area contributed by atoms with Crippen LogP contribution in [0.1, 0.15) is 69.9 Å². The van der Waals surface area contributed by atoms with E-state index in [0.717, 1.165) is 22.0 Å². The van der Waals surface area contributed by atoms with Crippen LogP contribution >= 0.6 is 8.53 Å². The van der Waals surface area contributed by atoms with E-state index in [2.05, 4.69) is 16.4 Å². The number of halogens is 3. The average molecular weight is 899 g/mol. The number of nitrogens with one attached hydrogen (secondary N) is 3. The van der Waals surface area contributed by atoms with Gasteiger partial charge in [0.25, 0.3) is 14.1 Å². The normalized spacial score (nSPS) is 18.3. The summed E-state index contributed by atoms with van der Waals surface area (Å²) < 4.78 is 80.5. The molecule has 340 valence electrons. The number of rotatable bonds is 21. The number of aromatic nitrogens is 2. The summed E-state index contributed by atoms with van der Waals surface area (Å²) in [6, 6.07) is 26.1. The zero-order chi connectivity index (χ0) is 45.7. The van der Waals surface area contributed by atoms with Gasteiger partial charge in [-0.05, 0) is 81.5 Å². The molecule has 2 amide bonds. The van der Waals surface area contributed by atoms with Gasteiger partial charge in [0.1, 0.15) is 35.5 Å². The summed E-state index contributed by atoms with van der Waals surface area (Å²) >= 11 is 0. The van der Waals surface area contributed by atoms with Crippen molar-refractivity contribution >= 4 is 14.6 Å². The first kappa shape index (κ1) is 48.7. The molecule has 1 fully saturated rings. The molecule has 0 bridgehead atoms. The highest BCUT2D eigenvalue weighted by Crippen LogP contribution is 2.53. The molecule has 3 aromatic carbocycles. The van der Waals surface area contributed by atoms with Gasteiger partial charge in [-0.15, -0.1) is 0 Å². The lowest BCUT2D eigenvalue weighted by Crippen LogP contribution is -2.44. The van der Waals surface area contributed by atoms with E-state index in [1.165, 1.54) is 16.8 Å². The van der Waals surface area contributed by atoms with Crippen LogP contribution in [-0.4, -0.2) is 84.8 Å². The van der Waals surface area contributed by atoms with Gasteiger partial charge in [0, 0.05) is 36.8 Å². The lowest BCUT2D eigenvalue weighted by Gasteiger charge is -2.39. The van der Waals surface area contributed by atoms with Crippen LogP contribution in [0, 0.1) is 17.2 Å². The number of carbonyl (C=O) groups is 1. The Morgan fingerprint density at radius 1 is 0.921 bits per heavy atom. The van der Waals surface area contributed by atoms with Crippen LogP contribution in [0.25, 0.3) is 0 Å². The topological polar surface area (TPSA) is 178 Å². The molecule has 2 heterocycles. The van der Waals surface area contributed by atoms with Crippen LogP contribution in [0.2, 0.25) is 0 Å². The van der Waals surface area contributed by atoms with Gasteiger partial charge in [-0.1, -0.05) is 54.6 Å². The number of urea groups is 1. The molecule has 1 aromatic heterocycles. The minimum atomic E-state index is -4.93. The monoisotopic (exact) mass is 898 g/mol. The third-order valence-electron chi connectivity index (χ3n) is 10.4. The molecular weight excluding hydrogens is 844 g/mol. The van der Waals surface area contributed by atoms with Crippen molar-refractivity contribution in [3.63, 3.8) is 0 Å². The van der Waals surface area contributed by atoms with Crippen LogP contribution in [0.4, 0.5) is 18.0 Å². The summed E-state index contributed by atoms with van der Waals surface area (Å²) in [5.74, 6) is 0.499. The van der Waals surface area contributed by atoms with E-state index in [4.69, 9.17) is 28.0 Å². The van der Waals surface area contributed by atoms with Gasteiger partial charge in [0.2, 0.25) is 0 Å². The lowest BCUT2D eigenvalue weighted by molar-refractivity contribution is -0.145. The van der Waals surface area contributed by atoms with Crippen LogP contribution in [0.5, 0.6) is 11.5 Å². The molecule has 5 rings (SSSR count). The Labute approximate surface area is 365 Å². The number of nitriles is 1. The summed E-state index contributed by atoms with van der Waals surface area (Å²) in [6.45, 7) is 7.62. The number of ether oxygens (including phenoxy) is 4. The molecule has 0 radical (unpaired) electrons. The molecule has 3 N–H and O–H groups in total. The smallest absolute Gasteiger partial charge is 0.485 e. The molecule has 0 spiro atoms. The highest BCUT2D eigenvalue weighted by Gasteiger charge is 2.50. The van der Waals surface area contributed by atoms with E-state index < -0.39 is 62.1 Å². The Morgan fingerprint density at radius 3 is 2.03 bits per heavy atom. The van der Waals surface area contributed by atoms with Gasteiger partial charge < -0.3 is 33.3 Å². The number of methoxy groups -OCH3 is 2. The largest absolute Gasteiger partial charge is 0.497 e. The molecular formula is C44H54F3N6O9P. The van der Waals surface area contributed by atoms with Crippen molar-refractivity contribution in [2.75, 3.05) is 34.0 Å². The Morgan fingerprint density at radius 2 is 1.51 bits per heavy atom. The maximum absolute atomic E-state index is 13.5. The third-order valence-corrected chi connectivity index (χ3v) is 12.5. The number of carbonyl (C=O) groups excluding carboxylic acids is 1. The van der Waals surface area contributed by atoms with E-state index in [-0.39, 0.29) is 51.1 Å². The Bertz CT molecular complexity index is 2160. The fraction of sp³-hybridized carbons (Fsp3) is 0.455. The van der Waals surface area contributed by atoms with Gasteiger partial charge in [0.15, 0.2) is 0 Å². The Kier molecular flexibility index (Phi) is 17.3. The van der Waals surface area contributed by atoms with Gasteiger partial charge in [-0.25, -0.2) is 19.6 Å². The van der Waals surface area contributed by atoms with Crippen LogP contribution in [0.3, 0.4) is 0 Å². The van der Waals surface area contributed by atoms with Crippen LogP contribution in [0.15, 0.2) is 101 Å². The number of alkyl halides is 3. The summed E-state index contributed by atoms with van der Waals surface area (Å²) in [7, 11) is 1.21. The summed E-state index contributed by atoms with van der Waals surface area (Å²) in [6.07, 6.45) is -6.29. The van der Waals surface area contributed by atoms with E-state index in [0.29, 0.717) is 11.5 Å². The van der Waals surface area contributed by atoms with Gasteiger partial charge >= 0.3 is 18.0 Å². The number of H-pyrrole nitrogens is 1. The highest BCUT2D eigenvalue weighted by molar-refractivity contribution is 7.44. The Balaban J connectivity index is 1.65. The summed E-state index contributed by atoms with van der Waals surface area (Å²) in [5.41, 5.74) is -0.482. The van der Waals surface area contributed by atoms with E-state index in [9.17, 15) is 32.8 Å². The van der Waals surface area contributed by atoms with E-state index in [1.54, 1.807) is 14.2 Å². The third kappa shape index (κ3) is 12.5. The predicted molar refractivity (Wildman–Crippen MR) is 229 cm³/mol. The SMILES string of the molecule is COc1ccc(C(OC[C@H]2O[C@@H](n3ccc(=O)[nH]c3=O)[C@H](CCCNC(=O)NC(F)(F)F)[C@@H]2OP(OCCC#N)N(C(C)C)C(C)C)(c2ccccc2)c2ccc(OC)cc2)cc1. The zero-order valence-corrected chi connectivity index (χ0v) is 36.9. The number of amides is 2. The fourth-order valence-corrected chi connectivity index (χ4v) is 9.48. The van der Waals surface area contributed by atoms with Crippen molar-refractivity contribution < 1.29 is 46.0 Å². The fourth-order valence-electron chi connectivity index (χ4n) is 7.67. The zero-order valence-electron chi connectivity index (χ0n) is 36.0. The second-order valence-corrected chi connectivity index (χ2v) is 16.6. The number of aromatic amines is 1. The first-order valence-electron chi connectivity index (χ1n) is 20.4. The van der Waals surface area contributed by atoms with Crippen molar-refractivity contribution in [3.8, 4) is 17.6 Å². The standard InChI is InChI=1S/C44H54F3N6O9P/c1-29(2)53(30(3)4)63(60-27-11-24-48)62-39-36(14-10-25-49-41(55)51-44(45,46)47)40(52-26-23-38(54)50-42(52)56)61-37(39)28-59-43(31-12-8-7-9-13-31,32-15-19-34(57-5)20-16-32)33-17-21-35(58-6)22-18-33/h7-9,12-13,15-23,26,29-30,36-37,39-40H,10-11,14,25,27-28H2,1-6H3,(H2,49,51,55)(H,50,54,56)/t36-,37-,39+,40-,63?/m1/s1. The van der Waals surface area contributed by atoms with Crippen molar-refractivity contribution in [3.05, 3.63) is 129 Å². The minimum absolute atomic E-state index is 0.0463. The molecule has 0 saturated carbocycles. The first-order valence-corrected chi connectivity index (χ1v) is 21.6. The second-order valence-electron chi connectivity index (χ2n) is 15.2. The minimum Gasteiger partial charge on any atom is -0.497 e. The number of benzene rings is 3. The van der Waals surface area contributed by atoms with Crippen LogP contribution < -0.4 is 31.4 Å². The van der Waals surface area contributed by atoms with Crippen molar-refractivity contribution in [1.82, 2.24) is 24.9 Å². The second kappa shape index (κ2) is 22.4. The van der Waals surface area contributed by atoms with Crippen LogP contribution in [-0.2, 0) is 24.1 Å². The summed E-state index contributed by atoms with van der Waals surface area (Å²) in [5, 5.41) is 12.6. The summed E-state index contributed by atoms with van der Waals surface area (Å²) in [4.78, 5) is 40.1. The number of hydrogen-bond acceptors (Lipinski definition) is 11. The van der Waals surface area contributed by atoms with Gasteiger partial charge in [0.05, 0.1) is 39.9 Å². The van der Waals surface area contributed by atoms with E-state index >= 15 is 0 Å². The molecule has 5 atom stereocenters. The van der Waals surface area contributed by atoms with Crippen molar-refractivity contribution in [2.45, 2.75) is 89.4 Å². The number of nitrogens with zero attached hydrogens (tertiary/aromatic N) is 3. The van der Waals surface area contributed by atoms with Gasteiger partial charge in [-0.3, -0.25) is 14.3 Å². The molecule has 1 unspecified atom stereocenters. The molecule has 63 heavy (non-hydrogen) atoms. The predicted octanol–water partition coefficient (Wildman–Crippen LogP) is 7.34. The molecule has 1 aliphatic heterocycles. The molecule has 0 aliphatic carbocycles. The quantitative estimate of drug-likeness (QED) is 0.0330. The van der Waals surface area contributed by atoms with Gasteiger partial charge in [-0.2, -0.15) is 18.4 Å². The molecule has 19 heteroatoms. The molecule has 15 nitrogen and oxygen atoms in total. The molecule has 4 aromatic rings. The maximum atomic E-state index is 13.5.